The average molecular weight is 154 g/mol. The molecule has 0 amide bonds. The van der Waals surface area contributed by atoms with E-state index in [9.17, 15) is 4.79 Å². The second-order valence-corrected chi connectivity index (χ2v) is 1.88. The first kappa shape index (κ1) is 9.42. The predicted molar refractivity (Wildman–Crippen MR) is 43.2 cm³/mol. The van der Waals surface area contributed by atoms with Gasteiger partial charge in [-0.2, -0.15) is 0 Å². The van der Waals surface area contributed by atoms with E-state index in [0.29, 0.717) is 0 Å². The minimum atomic E-state index is -1.03. The number of nitrogens with two attached hydrogens (primary N) is 1. The smallest absolute Gasteiger partial charge is 0.333 e. The van der Waals surface area contributed by atoms with E-state index in [1.165, 1.54) is 19.2 Å². The summed E-state index contributed by atoms with van der Waals surface area (Å²) in [5.41, 5.74) is 5.62. The molecule has 0 radical (unpaired) electrons. The fraction of sp³-hybridized carbons (Fsp3) is 0.143. The molecule has 0 heterocycles. The molecular formula is C7H10N2O2. The molecule has 0 aromatic carbocycles. The standard InChI is InChI=1S/C7H10N2O2/c1-5(7(10)11)6(8)3-4-9-2/h3-4H,2,8H2,1H3,(H,10,11)/b4-3-,6-5-. The summed E-state index contributed by atoms with van der Waals surface area (Å²) in [6, 6.07) is 0. The molecule has 11 heavy (non-hydrogen) atoms. The van der Waals surface area contributed by atoms with E-state index in [4.69, 9.17) is 10.8 Å². The minimum Gasteiger partial charge on any atom is -0.478 e. The largest absolute Gasteiger partial charge is 0.478 e. The zero-order valence-corrected chi connectivity index (χ0v) is 6.24. The summed E-state index contributed by atoms with van der Waals surface area (Å²) in [6.07, 6.45) is 2.72. The predicted octanol–water partition coefficient (Wildman–Crippen LogP) is 0.518. The van der Waals surface area contributed by atoms with E-state index in [1.54, 1.807) is 0 Å². The molecule has 0 spiro atoms. The topological polar surface area (TPSA) is 75.7 Å². The van der Waals surface area contributed by atoms with E-state index < -0.39 is 5.97 Å². The Morgan fingerprint density at radius 1 is 1.73 bits per heavy atom. The summed E-state index contributed by atoms with van der Waals surface area (Å²) in [5, 5.41) is 8.43. The molecule has 0 unspecified atom stereocenters. The lowest BCUT2D eigenvalue weighted by atomic mass is 10.2. The van der Waals surface area contributed by atoms with E-state index in [2.05, 4.69) is 11.7 Å². The molecule has 0 aliphatic carbocycles. The van der Waals surface area contributed by atoms with Gasteiger partial charge in [-0.3, -0.25) is 4.99 Å². The molecule has 0 aromatic rings. The number of carbonyl (C=O) groups is 1. The van der Waals surface area contributed by atoms with Gasteiger partial charge >= 0.3 is 5.97 Å². The molecule has 4 heteroatoms. The van der Waals surface area contributed by atoms with Crippen molar-refractivity contribution in [2.75, 3.05) is 0 Å². The van der Waals surface area contributed by atoms with Gasteiger partial charge in [0.25, 0.3) is 0 Å². The van der Waals surface area contributed by atoms with E-state index in [-0.39, 0.29) is 11.3 Å². The molecule has 0 rings (SSSR count). The van der Waals surface area contributed by atoms with Crippen LogP contribution in [0.2, 0.25) is 0 Å². The normalized spacial score (nSPS) is 12.8. The van der Waals surface area contributed by atoms with Crippen LogP contribution in [0.25, 0.3) is 0 Å². The van der Waals surface area contributed by atoms with Crippen LogP contribution in [0.3, 0.4) is 0 Å². The Bertz CT molecular complexity index is 229. The Balaban J connectivity index is 4.52. The lowest BCUT2D eigenvalue weighted by molar-refractivity contribution is -0.132. The number of aliphatic carboxylic acids is 1. The molecular weight excluding hydrogens is 144 g/mol. The quantitative estimate of drug-likeness (QED) is 0.353. The van der Waals surface area contributed by atoms with Gasteiger partial charge in [0.1, 0.15) is 0 Å². The lowest BCUT2D eigenvalue weighted by Gasteiger charge is -1.95. The van der Waals surface area contributed by atoms with Crippen LogP contribution in [0, 0.1) is 0 Å². The molecule has 0 fully saturated rings. The molecule has 4 nitrogen and oxygen atoms in total. The van der Waals surface area contributed by atoms with Crippen LogP contribution in [0.15, 0.2) is 28.5 Å². The Labute approximate surface area is 64.7 Å². The zero-order valence-electron chi connectivity index (χ0n) is 6.24. The second kappa shape index (κ2) is 4.27. The molecule has 0 atom stereocenters. The van der Waals surface area contributed by atoms with Gasteiger partial charge < -0.3 is 10.8 Å². The van der Waals surface area contributed by atoms with Crippen LogP contribution in [0.5, 0.6) is 0 Å². The van der Waals surface area contributed by atoms with Gasteiger partial charge in [0.05, 0.1) is 5.57 Å². The Kier molecular flexibility index (Phi) is 3.66. The van der Waals surface area contributed by atoms with Crippen molar-refractivity contribution in [2.45, 2.75) is 6.92 Å². The van der Waals surface area contributed by atoms with Crippen LogP contribution in [-0.2, 0) is 4.79 Å². The summed E-state index contributed by atoms with van der Waals surface area (Å²) < 4.78 is 0. The Morgan fingerprint density at radius 3 is 2.64 bits per heavy atom. The first-order chi connectivity index (χ1) is 5.09. The highest BCUT2D eigenvalue weighted by Crippen LogP contribution is 1.98. The van der Waals surface area contributed by atoms with Crippen molar-refractivity contribution in [2.24, 2.45) is 10.7 Å². The fourth-order valence-electron chi connectivity index (χ4n) is 0.381. The highest BCUT2D eigenvalue weighted by atomic mass is 16.4. The van der Waals surface area contributed by atoms with Crippen molar-refractivity contribution in [3.05, 3.63) is 23.5 Å². The van der Waals surface area contributed by atoms with E-state index in [0.717, 1.165) is 0 Å². The van der Waals surface area contributed by atoms with Gasteiger partial charge in [0, 0.05) is 11.9 Å². The first-order valence-corrected chi connectivity index (χ1v) is 2.91. The van der Waals surface area contributed by atoms with Gasteiger partial charge in [0.15, 0.2) is 0 Å². The van der Waals surface area contributed by atoms with E-state index in [1.807, 2.05) is 0 Å². The van der Waals surface area contributed by atoms with Gasteiger partial charge in [-0.1, -0.05) is 0 Å². The molecule has 0 aromatic heterocycles. The number of carboxylic acid groups (broad SMARTS) is 1. The number of rotatable bonds is 3. The lowest BCUT2D eigenvalue weighted by Crippen LogP contribution is -2.05. The van der Waals surface area contributed by atoms with E-state index >= 15 is 0 Å². The van der Waals surface area contributed by atoms with Crippen molar-refractivity contribution < 1.29 is 9.90 Å². The summed E-state index contributed by atoms with van der Waals surface area (Å²) in [7, 11) is 0. The van der Waals surface area contributed by atoms with Gasteiger partial charge in [-0.05, 0) is 19.7 Å². The van der Waals surface area contributed by atoms with Gasteiger partial charge in [0.2, 0.25) is 0 Å². The summed E-state index contributed by atoms with van der Waals surface area (Å²) in [6.45, 7) is 4.60. The second-order valence-electron chi connectivity index (χ2n) is 1.88. The summed E-state index contributed by atoms with van der Waals surface area (Å²) in [5.74, 6) is -1.03. The molecule has 0 aliphatic heterocycles. The number of carboxylic acids is 1. The maximum atomic E-state index is 10.3. The molecule has 0 saturated heterocycles. The third-order valence-corrected chi connectivity index (χ3v) is 1.11. The van der Waals surface area contributed by atoms with Crippen molar-refractivity contribution in [3.63, 3.8) is 0 Å². The Morgan fingerprint density at radius 2 is 2.27 bits per heavy atom. The van der Waals surface area contributed by atoms with Crippen LogP contribution < -0.4 is 5.73 Å². The van der Waals surface area contributed by atoms with Crippen LogP contribution in [0.4, 0.5) is 0 Å². The van der Waals surface area contributed by atoms with Crippen LogP contribution in [-0.4, -0.2) is 17.8 Å². The summed E-state index contributed by atoms with van der Waals surface area (Å²) in [4.78, 5) is 13.7. The monoisotopic (exact) mass is 154 g/mol. The minimum absolute atomic E-state index is 0.102. The number of hydrogen-bond acceptors (Lipinski definition) is 3. The molecule has 0 saturated carbocycles. The highest BCUT2D eigenvalue weighted by molar-refractivity contribution is 5.87. The zero-order chi connectivity index (χ0) is 8.85. The number of nitrogens with zero attached hydrogens (tertiary/aromatic N) is 1. The number of aliphatic imine (C=N–C) groups is 1. The van der Waals surface area contributed by atoms with Crippen molar-refractivity contribution in [1.29, 1.82) is 0 Å². The van der Waals surface area contributed by atoms with Crippen molar-refractivity contribution >= 4 is 12.7 Å². The third kappa shape index (κ3) is 3.20. The number of hydrogen-bond donors (Lipinski definition) is 2. The van der Waals surface area contributed by atoms with Gasteiger partial charge in [-0.15, -0.1) is 0 Å². The summed E-state index contributed by atoms with van der Waals surface area (Å²) >= 11 is 0. The molecule has 0 aliphatic rings. The average Bonchev–Trinajstić information content (AvgIpc) is 1.98. The maximum absolute atomic E-state index is 10.3. The maximum Gasteiger partial charge on any atom is 0.333 e. The first-order valence-electron chi connectivity index (χ1n) is 2.91. The van der Waals surface area contributed by atoms with Crippen LogP contribution in [0.1, 0.15) is 6.92 Å². The number of allylic oxidation sites excluding steroid dienone is 1. The Hall–Kier alpha value is -1.58. The SMILES string of the molecule is C=N/C=C\C(N)=C(/C)C(=O)O. The molecule has 0 bridgehead atoms. The van der Waals surface area contributed by atoms with Crippen LogP contribution >= 0.6 is 0 Å². The molecule has 3 N–H and O–H groups in total. The van der Waals surface area contributed by atoms with Crippen molar-refractivity contribution in [3.8, 4) is 0 Å². The van der Waals surface area contributed by atoms with Gasteiger partial charge in [-0.25, -0.2) is 4.79 Å². The highest BCUT2D eigenvalue weighted by Gasteiger charge is 2.02. The van der Waals surface area contributed by atoms with Crippen molar-refractivity contribution in [1.82, 2.24) is 0 Å². The molecule has 60 valence electrons. The fourth-order valence-corrected chi connectivity index (χ4v) is 0.381. The third-order valence-electron chi connectivity index (χ3n) is 1.11.